The lowest BCUT2D eigenvalue weighted by Gasteiger charge is -2.38. The van der Waals surface area contributed by atoms with Gasteiger partial charge in [0.25, 0.3) is 15.9 Å². The predicted octanol–water partition coefficient (Wildman–Crippen LogP) is 6.32. The largest absolute Gasteiger partial charge is 0.366 e. The minimum absolute atomic E-state index is 0.0597. The zero-order valence-electron chi connectivity index (χ0n) is 24.9. The van der Waals surface area contributed by atoms with Gasteiger partial charge in [0.05, 0.1) is 16.3 Å². The molecule has 1 amide bonds. The van der Waals surface area contributed by atoms with E-state index in [1.165, 1.54) is 0 Å². The van der Waals surface area contributed by atoms with Crippen LogP contribution in [-0.2, 0) is 16.4 Å². The van der Waals surface area contributed by atoms with E-state index in [1.807, 2.05) is 93.3 Å². The fourth-order valence-electron chi connectivity index (χ4n) is 5.92. The first-order chi connectivity index (χ1) is 20.1. The molecule has 1 aliphatic heterocycles. The number of hydrogen-bond acceptors (Lipinski definition) is 4. The highest BCUT2D eigenvalue weighted by Crippen LogP contribution is 2.34. The molecule has 218 valence electrons. The average molecular weight is 582 g/mol. The molecule has 0 aliphatic carbocycles. The van der Waals surface area contributed by atoms with E-state index in [1.54, 1.807) is 22.5 Å². The topological polar surface area (TPSA) is 60.9 Å². The quantitative estimate of drug-likeness (QED) is 0.244. The maximum Gasteiger partial charge on any atom is 0.264 e. The Hall–Kier alpha value is -4.10. The van der Waals surface area contributed by atoms with Gasteiger partial charge in [0, 0.05) is 38.3 Å². The van der Waals surface area contributed by atoms with Crippen molar-refractivity contribution in [2.75, 3.05) is 41.9 Å². The van der Waals surface area contributed by atoms with Crippen molar-refractivity contribution in [2.24, 2.45) is 0 Å². The molecular weight excluding hydrogens is 542 g/mol. The highest BCUT2D eigenvalue weighted by Gasteiger charge is 2.30. The first-order valence-corrected chi connectivity index (χ1v) is 15.9. The summed E-state index contributed by atoms with van der Waals surface area (Å²) in [5, 5.41) is 0. The molecule has 0 N–H and O–H groups in total. The molecule has 7 heteroatoms. The monoisotopic (exact) mass is 581 g/mol. The molecule has 0 radical (unpaired) electrons. The van der Waals surface area contributed by atoms with Crippen LogP contribution in [0.1, 0.15) is 38.2 Å². The lowest BCUT2D eigenvalue weighted by Crippen LogP contribution is -2.49. The Morgan fingerprint density at radius 1 is 0.738 bits per heavy atom. The molecular formula is C35H39N3O3S. The highest BCUT2D eigenvalue weighted by atomic mass is 32.2. The van der Waals surface area contributed by atoms with Crippen LogP contribution in [0.5, 0.6) is 0 Å². The molecule has 0 bridgehead atoms. The molecule has 1 aliphatic rings. The fourth-order valence-corrected chi connectivity index (χ4v) is 7.50. The summed E-state index contributed by atoms with van der Waals surface area (Å²) in [7, 11) is -3.84. The van der Waals surface area contributed by atoms with E-state index in [2.05, 4.69) is 17.0 Å². The third kappa shape index (κ3) is 6.21. The molecule has 4 aromatic rings. The van der Waals surface area contributed by atoms with E-state index in [0.717, 1.165) is 39.1 Å². The molecule has 6 nitrogen and oxygen atoms in total. The second-order valence-electron chi connectivity index (χ2n) is 11.2. The van der Waals surface area contributed by atoms with E-state index >= 15 is 0 Å². The molecule has 0 unspecified atom stereocenters. The van der Waals surface area contributed by atoms with Crippen LogP contribution in [0.3, 0.4) is 0 Å². The van der Waals surface area contributed by atoms with Crippen molar-refractivity contribution in [1.82, 2.24) is 4.90 Å². The lowest BCUT2D eigenvalue weighted by molar-refractivity contribution is 0.0745. The first-order valence-electron chi connectivity index (χ1n) is 14.5. The summed E-state index contributed by atoms with van der Waals surface area (Å²) in [6.45, 7) is 10.6. The Bertz CT molecular complexity index is 1650. The van der Waals surface area contributed by atoms with Gasteiger partial charge in [0.15, 0.2) is 0 Å². The summed E-state index contributed by atoms with van der Waals surface area (Å²) in [4.78, 5) is 17.9. The lowest BCUT2D eigenvalue weighted by atomic mass is 9.98. The number of amides is 1. The van der Waals surface area contributed by atoms with E-state index < -0.39 is 10.0 Å². The maximum atomic E-state index is 14.2. The molecule has 1 saturated heterocycles. The number of carbonyl (C=O) groups excluding carboxylic acids is 1. The van der Waals surface area contributed by atoms with Crippen LogP contribution in [0.4, 0.5) is 11.4 Å². The zero-order chi connectivity index (χ0) is 29.9. The molecule has 0 aromatic heterocycles. The van der Waals surface area contributed by atoms with E-state index in [9.17, 15) is 13.2 Å². The zero-order valence-corrected chi connectivity index (χ0v) is 25.7. The van der Waals surface area contributed by atoms with Crippen LogP contribution < -0.4 is 9.21 Å². The number of aryl methyl sites for hydroxylation is 4. The number of benzene rings is 4. The molecule has 42 heavy (non-hydrogen) atoms. The summed E-state index contributed by atoms with van der Waals surface area (Å²) >= 11 is 0. The van der Waals surface area contributed by atoms with Gasteiger partial charge in [-0.15, -0.1) is 0 Å². The number of anilines is 2. The van der Waals surface area contributed by atoms with E-state index in [-0.39, 0.29) is 10.8 Å². The number of carbonyl (C=O) groups is 1. The maximum absolute atomic E-state index is 14.2. The van der Waals surface area contributed by atoms with Gasteiger partial charge in [0.2, 0.25) is 0 Å². The van der Waals surface area contributed by atoms with Crippen molar-refractivity contribution in [3.05, 3.63) is 124 Å². The summed E-state index contributed by atoms with van der Waals surface area (Å²) in [5.74, 6) is 0.0597. The van der Waals surface area contributed by atoms with Crippen molar-refractivity contribution in [3.63, 3.8) is 0 Å². The van der Waals surface area contributed by atoms with E-state index in [0.29, 0.717) is 44.8 Å². The Morgan fingerprint density at radius 3 is 2.05 bits per heavy atom. The molecule has 1 fully saturated rings. The van der Waals surface area contributed by atoms with Crippen LogP contribution >= 0.6 is 0 Å². The second-order valence-corrected chi connectivity index (χ2v) is 13.0. The second kappa shape index (κ2) is 12.4. The number of piperazine rings is 1. The molecule has 0 atom stereocenters. The highest BCUT2D eigenvalue weighted by molar-refractivity contribution is 7.92. The summed E-state index contributed by atoms with van der Waals surface area (Å²) < 4.78 is 29.9. The average Bonchev–Trinajstić information content (AvgIpc) is 2.97. The normalized spacial score (nSPS) is 13.7. The Labute approximate surface area is 250 Å². The van der Waals surface area contributed by atoms with Crippen molar-refractivity contribution >= 4 is 27.3 Å². The minimum atomic E-state index is -3.84. The van der Waals surface area contributed by atoms with Gasteiger partial charge in [-0.05, 0) is 80.6 Å². The van der Waals surface area contributed by atoms with Crippen molar-refractivity contribution < 1.29 is 13.2 Å². The van der Waals surface area contributed by atoms with E-state index in [4.69, 9.17) is 0 Å². The van der Waals surface area contributed by atoms with Gasteiger partial charge in [-0.1, -0.05) is 72.3 Å². The van der Waals surface area contributed by atoms with Gasteiger partial charge < -0.3 is 9.80 Å². The number of para-hydroxylation sites is 2. The Morgan fingerprint density at radius 2 is 1.38 bits per heavy atom. The third-order valence-electron chi connectivity index (χ3n) is 7.97. The summed E-state index contributed by atoms with van der Waals surface area (Å²) in [6.07, 6.45) is 0.581. The molecule has 0 spiro atoms. The van der Waals surface area contributed by atoms with Gasteiger partial charge in [-0.2, -0.15) is 0 Å². The SMILES string of the molecule is Cc1cccc(S(=O)(=O)N(CCc2ccccc2)c2ccccc2N2CCN(C(=O)c3c(C)cc(C)cc3C)CC2)c1. The number of nitrogens with zero attached hydrogens (tertiary/aromatic N) is 3. The van der Waals surface area contributed by atoms with Crippen LogP contribution in [0.2, 0.25) is 0 Å². The number of rotatable bonds is 8. The minimum Gasteiger partial charge on any atom is -0.366 e. The van der Waals surface area contributed by atoms with Gasteiger partial charge in [-0.25, -0.2) is 8.42 Å². The fraction of sp³-hybridized carbons (Fsp3) is 0.286. The Balaban J connectivity index is 1.43. The van der Waals surface area contributed by atoms with Gasteiger partial charge in [-0.3, -0.25) is 9.10 Å². The third-order valence-corrected chi connectivity index (χ3v) is 9.78. The molecule has 5 rings (SSSR count). The van der Waals surface area contributed by atoms with Crippen LogP contribution in [0.25, 0.3) is 0 Å². The van der Waals surface area contributed by atoms with Gasteiger partial charge in [0.1, 0.15) is 0 Å². The van der Waals surface area contributed by atoms with Crippen molar-refractivity contribution in [2.45, 2.75) is 39.0 Å². The van der Waals surface area contributed by atoms with Gasteiger partial charge >= 0.3 is 0 Å². The standard InChI is InChI=1S/C35H39N3O3S/c1-26-11-10-14-31(25-26)42(40,41)38(18-17-30-12-6-5-7-13-30)33-16-9-8-15-32(33)36-19-21-37(22-20-36)35(39)34-28(3)23-27(2)24-29(34)4/h5-16,23-25H,17-22H2,1-4H3. The number of hydrogen-bond donors (Lipinski definition) is 0. The first kappa shape index (κ1) is 29.4. The molecule has 1 heterocycles. The predicted molar refractivity (Wildman–Crippen MR) is 171 cm³/mol. The van der Waals surface area contributed by atoms with Crippen LogP contribution in [0, 0.1) is 27.7 Å². The molecule has 4 aromatic carbocycles. The van der Waals surface area contributed by atoms with Crippen molar-refractivity contribution in [3.8, 4) is 0 Å². The molecule has 0 saturated carbocycles. The smallest absolute Gasteiger partial charge is 0.264 e. The van der Waals surface area contributed by atoms with Crippen molar-refractivity contribution in [1.29, 1.82) is 0 Å². The Kier molecular flexibility index (Phi) is 8.69. The van der Waals surface area contributed by atoms with Crippen LogP contribution in [0.15, 0.2) is 95.9 Å². The summed E-state index contributed by atoms with van der Waals surface area (Å²) in [6, 6.07) is 28.9. The number of sulfonamides is 1. The van der Waals surface area contributed by atoms with Crippen LogP contribution in [-0.4, -0.2) is 51.9 Å². The summed E-state index contributed by atoms with van der Waals surface area (Å²) in [5.41, 5.74) is 7.42.